The van der Waals surface area contributed by atoms with Gasteiger partial charge in [-0.1, -0.05) is 6.07 Å². The fourth-order valence-electron chi connectivity index (χ4n) is 3.18. The zero-order chi connectivity index (χ0) is 18.6. The predicted molar refractivity (Wildman–Crippen MR) is 100.0 cm³/mol. The number of cyclic esters (lactones) is 1. The summed E-state index contributed by atoms with van der Waals surface area (Å²) >= 11 is 0. The van der Waals surface area contributed by atoms with Crippen molar-refractivity contribution in [3.05, 3.63) is 42.9 Å². The summed E-state index contributed by atoms with van der Waals surface area (Å²) in [6.07, 6.45) is 4.67. The van der Waals surface area contributed by atoms with E-state index in [1.165, 1.54) is 0 Å². The molecule has 3 heterocycles. The van der Waals surface area contributed by atoms with E-state index in [-0.39, 0.29) is 12.1 Å². The summed E-state index contributed by atoms with van der Waals surface area (Å²) in [5.41, 5.74) is 1.36. The van der Waals surface area contributed by atoms with E-state index in [2.05, 4.69) is 20.2 Å². The Labute approximate surface area is 156 Å². The first-order valence-corrected chi connectivity index (χ1v) is 8.82. The van der Waals surface area contributed by atoms with E-state index in [0.717, 1.165) is 5.82 Å². The number of amides is 3. The summed E-state index contributed by atoms with van der Waals surface area (Å²) < 4.78 is 4.96. The molecule has 140 valence electrons. The minimum absolute atomic E-state index is 0.157. The molecule has 1 aromatic heterocycles. The molecule has 1 aromatic carbocycles. The summed E-state index contributed by atoms with van der Waals surface area (Å²) in [5, 5.41) is 2.91. The van der Waals surface area contributed by atoms with Crippen molar-refractivity contribution in [2.75, 3.05) is 54.4 Å². The quantitative estimate of drug-likeness (QED) is 0.888. The molecule has 2 fully saturated rings. The number of nitrogens with one attached hydrogen (secondary N) is 1. The van der Waals surface area contributed by atoms with Crippen molar-refractivity contribution < 1.29 is 14.3 Å². The van der Waals surface area contributed by atoms with Crippen LogP contribution in [0.25, 0.3) is 0 Å². The van der Waals surface area contributed by atoms with Crippen LogP contribution in [0.3, 0.4) is 0 Å². The largest absolute Gasteiger partial charge is 0.447 e. The van der Waals surface area contributed by atoms with Gasteiger partial charge in [-0.3, -0.25) is 9.88 Å². The SMILES string of the molecule is O=C(Nc1cccc(N2CCOC2=O)c1)N1CCN(c2cnccn2)CC1. The van der Waals surface area contributed by atoms with Crippen molar-refractivity contribution in [1.82, 2.24) is 14.9 Å². The molecule has 9 heteroatoms. The minimum Gasteiger partial charge on any atom is -0.447 e. The lowest BCUT2D eigenvalue weighted by molar-refractivity contribution is 0.181. The highest BCUT2D eigenvalue weighted by Crippen LogP contribution is 2.23. The average Bonchev–Trinajstić information content (AvgIpc) is 3.15. The Morgan fingerprint density at radius 2 is 1.96 bits per heavy atom. The van der Waals surface area contributed by atoms with Crippen molar-refractivity contribution in [3.63, 3.8) is 0 Å². The van der Waals surface area contributed by atoms with Crippen molar-refractivity contribution in [2.24, 2.45) is 0 Å². The number of nitrogens with zero attached hydrogens (tertiary/aromatic N) is 5. The molecule has 3 amide bonds. The summed E-state index contributed by atoms with van der Waals surface area (Å²) in [6.45, 7) is 3.49. The molecule has 0 spiro atoms. The second kappa shape index (κ2) is 7.48. The number of carbonyl (C=O) groups is 2. The highest BCUT2D eigenvalue weighted by molar-refractivity contribution is 5.93. The van der Waals surface area contributed by atoms with Crippen LogP contribution >= 0.6 is 0 Å². The van der Waals surface area contributed by atoms with Gasteiger partial charge in [0.25, 0.3) is 0 Å². The van der Waals surface area contributed by atoms with Gasteiger partial charge in [-0.15, -0.1) is 0 Å². The highest BCUT2D eigenvalue weighted by Gasteiger charge is 2.25. The molecule has 0 saturated carbocycles. The van der Waals surface area contributed by atoms with Gasteiger partial charge in [0, 0.05) is 49.9 Å². The zero-order valence-corrected chi connectivity index (χ0v) is 14.7. The molecule has 0 aliphatic carbocycles. The van der Waals surface area contributed by atoms with E-state index in [9.17, 15) is 9.59 Å². The number of benzene rings is 1. The Balaban J connectivity index is 1.35. The van der Waals surface area contributed by atoms with Crippen LogP contribution in [0.15, 0.2) is 42.9 Å². The van der Waals surface area contributed by atoms with Gasteiger partial charge in [0.15, 0.2) is 0 Å². The van der Waals surface area contributed by atoms with Crippen molar-refractivity contribution in [3.8, 4) is 0 Å². The predicted octanol–water partition coefficient (Wildman–Crippen LogP) is 1.79. The first-order valence-electron chi connectivity index (χ1n) is 8.82. The number of aromatic nitrogens is 2. The number of hydrogen-bond acceptors (Lipinski definition) is 6. The van der Waals surface area contributed by atoms with Crippen LogP contribution in [0.1, 0.15) is 0 Å². The maximum atomic E-state index is 12.6. The Kier molecular flexibility index (Phi) is 4.73. The van der Waals surface area contributed by atoms with E-state index >= 15 is 0 Å². The molecular formula is C18H20N6O3. The van der Waals surface area contributed by atoms with Gasteiger partial charge in [-0.05, 0) is 18.2 Å². The van der Waals surface area contributed by atoms with E-state index in [1.807, 2.05) is 12.1 Å². The monoisotopic (exact) mass is 368 g/mol. The number of ether oxygens (including phenoxy) is 1. The molecule has 0 bridgehead atoms. The zero-order valence-electron chi connectivity index (χ0n) is 14.7. The lowest BCUT2D eigenvalue weighted by Crippen LogP contribution is -2.50. The van der Waals surface area contributed by atoms with Gasteiger partial charge in [-0.25, -0.2) is 14.6 Å². The van der Waals surface area contributed by atoms with Crippen LogP contribution < -0.4 is 15.1 Å². The molecule has 0 unspecified atom stereocenters. The van der Waals surface area contributed by atoms with E-state index in [4.69, 9.17) is 4.74 Å². The van der Waals surface area contributed by atoms with Gasteiger partial charge in [0.2, 0.25) is 0 Å². The molecule has 1 N–H and O–H groups in total. The summed E-state index contributed by atoms with van der Waals surface area (Å²) in [4.78, 5) is 38.1. The Bertz CT molecular complexity index is 823. The van der Waals surface area contributed by atoms with Crippen LogP contribution in [0.5, 0.6) is 0 Å². The van der Waals surface area contributed by atoms with Crippen LogP contribution in [-0.2, 0) is 4.74 Å². The Morgan fingerprint density at radius 1 is 1.11 bits per heavy atom. The van der Waals surface area contributed by atoms with Crippen LogP contribution in [0.4, 0.5) is 26.8 Å². The van der Waals surface area contributed by atoms with Crippen molar-refractivity contribution in [2.45, 2.75) is 0 Å². The summed E-state index contributed by atoms with van der Waals surface area (Å²) in [6, 6.07) is 7.05. The highest BCUT2D eigenvalue weighted by atomic mass is 16.6. The number of urea groups is 1. The molecule has 2 saturated heterocycles. The van der Waals surface area contributed by atoms with Gasteiger partial charge >= 0.3 is 12.1 Å². The molecule has 0 radical (unpaired) electrons. The summed E-state index contributed by atoms with van der Waals surface area (Å²) in [5.74, 6) is 0.822. The second-order valence-corrected chi connectivity index (χ2v) is 6.28. The Morgan fingerprint density at radius 3 is 2.67 bits per heavy atom. The lowest BCUT2D eigenvalue weighted by atomic mass is 10.2. The van der Waals surface area contributed by atoms with Crippen LogP contribution in [0, 0.1) is 0 Å². The smallest absolute Gasteiger partial charge is 0.414 e. The maximum Gasteiger partial charge on any atom is 0.414 e. The molecule has 4 rings (SSSR count). The number of rotatable bonds is 3. The number of hydrogen-bond donors (Lipinski definition) is 1. The molecule has 2 aliphatic rings. The third-order valence-electron chi connectivity index (χ3n) is 4.61. The van der Waals surface area contributed by atoms with Gasteiger partial charge in [0.1, 0.15) is 12.4 Å². The Hall–Kier alpha value is -3.36. The second-order valence-electron chi connectivity index (χ2n) is 6.28. The first-order chi connectivity index (χ1) is 13.2. The third kappa shape index (κ3) is 3.76. The molecule has 27 heavy (non-hydrogen) atoms. The molecule has 9 nitrogen and oxygen atoms in total. The maximum absolute atomic E-state index is 12.6. The van der Waals surface area contributed by atoms with E-state index < -0.39 is 0 Å². The molecule has 0 atom stereocenters. The molecular weight excluding hydrogens is 348 g/mol. The molecule has 2 aliphatic heterocycles. The topological polar surface area (TPSA) is 90.9 Å². The fraction of sp³-hybridized carbons (Fsp3) is 0.333. The lowest BCUT2D eigenvalue weighted by Gasteiger charge is -2.35. The third-order valence-corrected chi connectivity index (χ3v) is 4.61. The van der Waals surface area contributed by atoms with Crippen molar-refractivity contribution >= 4 is 29.3 Å². The van der Waals surface area contributed by atoms with Gasteiger partial charge in [0.05, 0.1) is 12.7 Å². The normalized spacial score (nSPS) is 17.0. The van der Waals surface area contributed by atoms with Crippen LogP contribution in [-0.4, -0.2) is 66.3 Å². The number of piperazine rings is 1. The van der Waals surface area contributed by atoms with E-state index in [1.54, 1.807) is 40.5 Å². The molecule has 2 aromatic rings. The average molecular weight is 368 g/mol. The first kappa shape index (κ1) is 17.1. The van der Waals surface area contributed by atoms with Gasteiger partial charge < -0.3 is 19.9 Å². The van der Waals surface area contributed by atoms with Gasteiger partial charge in [-0.2, -0.15) is 0 Å². The van der Waals surface area contributed by atoms with Crippen molar-refractivity contribution in [1.29, 1.82) is 0 Å². The minimum atomic E-state index is -0.362. The fourth-order valence-corrected chi connectivity index (χ4v) is 3.18. The van der Waals surface area contributed by atoms with E-state index in [0.29, 0.717) is 50.7 Å². The number of carbonyl (C=O) groups excluding carboxylic acids is 2. The standard InChI is InChI=1S/C18H20N6O3/c25-17(23-8-6-22(7-9-23)16-13-19-4-5-20-16)21-14-2-1-3-15(12-14)24-10-11-27-18(24)26/h1-5,12-13H,6-11H2,(H,21,25). The summed E-state index contributed by atoms with van der Waals surface area (Å²) in [7, 11) is 0. The number of anilines is 3. The van der Waals surface area contributed by atoms with Crippen LogP contribution in [0.2, 0.25) is 0 Å².